The van der Waals surface area contributed by atoms with E-state index in [1.807, 2.05) is 6.08 Å². The van der Waals surface area contributed by atoms with Gasteiger partial charge in [-0.1, -0.05) is 19.1 Å². The van der Waals surface area contributed by atoms with Crippen molar-refractivity contribution in [2.75, 3.05) is 20.6 Å². The molecule has 1 aliphatic heterocycles. The average Bonchev–Trinajstić information content (AvgIpc) is 2.43. The van der Waals surface area contributed by atoms with Gasteiger partial charge in [-0.3, -0.25) is 9.79 Å². The number of carbonyl (C=O) groups excluding carboxylic acids is 1. The first-order valence-corrected chi connectivity index (χ1v) is 4.78. The van der Waals surface area contributed by atoms with E-state index in [4.69, 9.17) is 0 Å². The van der Waals surface area contributed by atoms with Gasteiger partial charge in [0.15, 0.2) is 0 Å². The van der Waals surface area contributed by atoms with E-state index >= 15 is 0 Å². The number of aliphatic imine (C=N–C) groups is 1. The lowest BCUT2D eigenvalue weighted by Crippen LogP contribution is -2.22. The summed E-state index contributed by atoms with van der Waals surface area (Å²) in [6.45, 7) is 2.77. The van der Waals surface area contributed by atoms with Crippen molar-refractivity contribution in [3.63, 3.8) is 0 Å². The molecule has 1 rings (SSSR count). The van der Waals surface area contributed by atoms with Gasteiger partial charge < -0.3 is 4.90 Å². The largest absolute Gasteiger partial charge is 0.337 e. The molecule has 0 aromatic rings. The third kappa shape index (κ3) is 2.10. The molecule has 3 nitrogen and oxygen atoms in total. The molecular formula is C11H16N2O. The van der Waals surface area contributed by atoms with E-state index in [0.29, 0.717) is 6.54 Å². The van der Waals surface area contributed by atoms with Gasteiger partial charge in [-0.15, -0.1) is 0 Å². The summed E-state index contributed by atoms with van der Waals surface area (Å²) in [7, 11) is 3.48. The van der Waals surface area contributed by atoms with Crippen LogP contribution in [-0.4, -0.2) is 37.7 Å². The molecule has 0 saturated carbocycles. The van der Waals surface area contributed by atoms with E-state index in [1.165, 1.54) is 0 Å². The summed E-state index contributed by atoms with van der Waals surface area (Å²) >= 11 is 0. The molecule has 0 fully saturated rings. The van der Waals surface area contributed by atoms with Crippen LogP contribution in [-0.2, 0) is 4.79 Å². The van der Waals surface area contributed by atoms with Gasteiger partial charge in [0, 0.05) is 26.9 Å². The second-order valence-electron chi connectivity index (χ2n) is 3.30. The molecule has 3 heteroatoms. The lowest BCUT2D eigenvalue weighted by atomic mass is 10.1. The predicted molar refractivity (Wildman–Crippen MR) is 58.5 cm³/mol. The lowest BCUT2D eigenvalue weighted by Gasteiger charge is -2.06. The molecule has 0 aliphatic carbocycles. The molecule has 0 saturated heterocycles. The molecule has 76 valence electrons. The molecule has 0 bridgehead atoms. The van der Waals surface area contributed by atoms with Gasteiger partial charge in [-0.25, -0.2) is 0 Å². The molecule has 0 atom stereocenters. The Hall–Kier alpha value is -1.38. The number of hydrogen-bond donors (Lipinski definition) is 0. The minimum absolute atomic E-state index is 0.0614. The first-order chi connectivity index (χ1) is 6.70. The van der Waals surface area contributed by atoms with E-state index in [0.717, 1.165) is 17.6 Å². The Morgan fingerprint density at radius 2 is 2.29 bits per heavy atom. The van der Waals surface area contributed by atoms with Crippen molar-refractivity contribution in [1.82, 2.24) is 4.90 Å². The van der Waals surface area contributed by atoms with Crippen LogP contribution in [0.5, 0.6) is 0 Å². The van der Waals surface area contributed by atoms with Gasteiger partial charge >= 0.3 is 0 Å². The molecule has 0 spiro atoms. The van der Waals surface area contributed by atoms with E-state index in [1.54, 1.807) is 25.2 Å². The Morgan fingerprint density at radius 1 is 1.57 bits per heavy atom. The highest BCUT2D eigenvalue weighted by Crippen LogP contribution is 2.17. The van der Waals surface area contributed by atoms with Crippen molar-refractivity contribution in [3.05, 3.63) is 23.3 Å². The first kappa shape index (κ1) is 10.7. The predicted octanol–water partition coefficient (Wildman–Crippen LogP) is 1.42. The van der Waals surface area contributed by atoms with E-state index in [2.05, 4.69) is 18.0 Å². The molecule has 14 heavy (non-hydrogen) atoms. The zero-order chi connectivity index (χ0) is 10.6. The zero-order valence-corrected chi connectivity index (χ0v) is 8.95. The third-order valence-corrected chi connectivity index (χ3v) is 2.14. The second kappa shape index (κ2) is 4.74. The highest BCUT2D eigenvalue weighted by atomic mass is 16.2. The average molecular weight is 192 g/mol. The topological polar surface area (TPSA) is 32.7 Å². The molecule has 0 unspecified atom stereocenters. The van der Waals surface area contributed by atoms with Crippen LogP contribution >= 0.6 is 0 Å². The maximum Gasteiger partial charge on any atom is 0.255 e. The highest BCUT2D eigenvalue weighted by molar-refractivity contribution is 6.15. The van der Waals surface area contributed by atoms with Crippen LogP contribution in [0.15, 0.2) is 28.3 Å². The fraction of sp³-hybridized carbons (Fsp3) is 0.455. The Labute approximate surface area is 84.8 Å². The maximum absolute atomic E-state index is 11.6. The summed E-state index contributed by atoms with van der Waals surface area (Å²) in [5.74, 6) is 0.0614. The van der Waals surface area contributed by atoms with E-state index < -0.39 is 0 Å². The standard InChI is InChI=1S/C11H16N2O/c1-4-5-6-9-8-13(3)11(14)10(9)7-12-2/h5-7H,4,8H2,1-3H3/b6-5-,12-7?. The van der Waals surface area contributed by atoms with Crippen molar-refractivity contribution in [3.8, 4) is 0 Å². The Kier molecular flexibility index (Phi) is 3.63. The second-order valence-corrected chi connectivity index (χ2v) is 3.30. The highest BCUT2D eigenvalue weighted by Gasteiger charge is 2.24. The van der Waals surface area contributed by atoms with Crippen molar-refractivity contribution < 1.29 is 4.79 Å². The van der Waals surface area contributed by atoms with Gasteiger partial charge in [0.1, 0.15) is 0 Å². The molecule has 0 radical (unpaired) electrons. The molecule has 0 aromatic heterocycles. The maximum atomic E-state index is 11.6. The minimum Gasteiger partial charge on any atom is -0.337 e. The number of likely N-dealkylation sites (N-methyl/N-ethyl adjacent to an activating group) is 1. The third-order valence-electron chi connectivity index (χ3n) is 2.14. The number of carbonyl (C=O) groups is 1. The van der Waals surface area contributed by atoms with Crippen molar-refractivity contribution in [1.29, 1.82) is 0 Å². The normalized spacial score (nSPS) is 18.2. The SMILES string of the molecule is CC/C=C\C1=C(C=NC)C(=O)N(C)C1. The van der Waals surface area contributed by atoms with Crippen LogP contribution in [0.4, 0.5) is 0 Å². The molecule has 0 N–H and O–H groups in total. The van der Waals surface area contributed by atoms with Crippen LogP contribution < -0.4 is 0 Å². The van der Waals surface area contributed by atoms with Crippen LogP contribution in [0.1, 0.15) is 13.3 Å². The number of hydrogen-bond acceptors (Lipinski definition) is 2. The molecular weight excluding hydrogens is 176 g/mol. The summed E-state index contributed by atoms with van der Waals surface area (Å²) in [6, 6.07) is 0. The lowest BCUT2D eigenvalue weighted by molar-refractivity contribution is -0.123. The molecule has 0 aromatic carbocycles. The quantitative estimate of drug-likeness (QED) is 0.622. The fourth-order valence-corrected chi connectivity index (χ4v) is 1.43. The van der Waals surface area contributed by atoms with Gasteiger partial charge in [0.25, 0.3) is 5.91 Å². The van der Waals surface area contributed by atoms with Gasteiger partial charge in [0.05, 0.1) is 5.57 Å². The molecule has 1 heterocycles. The number of nitrogens with zero attached hydrogens (tertiary/aromatic N) is 2. The summed E-state index contributed by atoms with van der Waals surface area (Å²) in [4.78, 5) is 17.2. The smallest absolute Gasteiger partial charge is 0.255 e. The van der Waals surface area contributed by atoms with Gasteiger partial charge in [-0.2, -0.15) is 0 Å². The number of amides is 1. The van der Waals surface area contributed by atoms with Crippen molar-refractivity contribution in [2.45, 2.75) is 13.3 Å². The Balaban J connectivity index is 2.96. The fourth-order valence-electron chi connectivity index (χ4n) is 1.43. The van der Waals surface area contributed by atoms with Gasteiger partial charge in [-0.05, 0) is 12.0 Å². The number of rotatable bonds is 3. The zero-order valence-electron chi connectivity index (χ0n) is 8.95. The minimum atomic E-state index is 0.0614. The van der Waals surface area contributed by atoms with E-state index in [-0.39, 0.29) is 5.91 Å². The summed E-state index contributed by atoms with van der Waals surface area (Å²) in [5, 5.41) is 0. The first-order valence-electron chi connectivity index (χ1n) is 4.78. The molecule has 1 aliphatic rings. The van der Waals surface area contributed by atoms with Crippen LogP contribution in [0.3, 0.4) is 0 Å². The van der Waals surface area contributed by atoms with Crippen LogP contribution in [0.2, 0.25) is 0 Å². The van der Waals surface area contributed by atoms with Crippen LogP contribution in [0, 0.1) is 0 Å². The Bertz CT molecular complexity index is 313. The van der Waals surface area contributed by atoms with E-state index in [9.17, 15) is 4.79 Å². The molecule has 1 amide bonds. The van der Waals surface area contributed by atoms with Crippen molar-refractivity contribution in [2.24, 2.45) is 4.99 Å². The summed E-state index contributed by atoms with van der Waals surface area (Å²) in [6.07, 6.45) is 6.70. The summed E-state index contributed by atoms with van der Waals surface area (Å²) in [5.41, 5.74) is 1.78. The number of allylic oxidation sites excluding steroid dienone is 1. The van der Waals surface area contributed by atoms with Gasteiger partial charge in [0.2, 0.25) is 0 Å². The summed E-state index contributed by atoms with van der Waals surface area (Å²) < 4.78 is 0. The Morgan fingerprint density at radius 3 is 2.86 bits per heavy atom. The van der Waals surface area contributed by atoms with Crippen molar-refractivity contribution >= 4 is 12.1 Å². The monoisotopic (exact) mass is 192 g/mol. The van der Waals surface area contributed by atoms with Crippen LogP contribution in [0.25, 0.3) is 0 Å².